The van der Waals surface area contributed by atoms with Crippen molar-refractivity contribution in [3.8, 4) is 5.82 Å². The van der Waals surface area contributed by atoms with E-state index in [-0.39, 0.29) is 17.1 Å². The van der Waals surface area contributed by atoms with E-state index >= 15 is 0 Å². The highest BCUT2D eigenvalue weighted by molar-refractivity contribution is 6.04. The van der Waals surface area contributed by atoms with Crippen LogP contribution in [0.3, 0.4) is 0 Å². The van der Waals surface area contributed by atoms with Gasteiger partial charge in [0.2, 0.25) is 0 Å². The predicted molar refractivity (Wildman–Crippen MR) is 156 cm³/mol. The molecule has 4 N–H and O–H groups in total. The summed E-state index contributed by atoms with van der Waals surface area (Å²) < 4.78 is 46.0. The molecule has 1 amide bonds. The van der Waals surface area contributed by atoms with E-state index in [1.807, 2.05) is 0 Å². The fourth-order valence-electron chi connectivity index (χ4n) is 4.49. The second-order valence-corrected chi connectivity index (χ2v) is 9.96. The number of amides is 1. The molecule has 15 heteroatoms. The first-order valence-corrected chi connectivity index (χ1v) is 13.6. The average molecular weight is 611 g/mol. The molecule has 3 heterocycles. The molecule has 0 atom stereocenters. The zero-order chi connectivity index (χ0) is 31.3. The first kappa shape index (κ1) is 30.4. The summed E-state index contributed by atoms with van der Waals surface area (Å²) in [6.07, 6.45) is -3.24. The molecule has 0 saturated carbocycles. The van der Waals surface area contributed by atoms with Gasteiger partial charge >= 0.3 is 12.1 Å². The van der Waals surface area contributed by atoms with E-state index in [0.717, 1.165) is 37.3 Å². The van der Waals surface area contributed by atoms with Crippen molar-refractivity contribution in [2.45, 2.75) is 13.1 Å². The molecule has 1 aliphatic heterocycles. The molecule has 2 aromatic heterocycles. The van der Waals surface area contributed by atoms with E-state index < -0.39 is 23.6 Å². The summed E-state index contributed by atoms with van der Waals surface area (Å²) in [5.41, 5.74) is 0.206. The number of hydrogen-bond donors (Lipinski definition) is 4. The minimum Gasteiger partial charge on any atom is -0.476 e. The quantitative estimate of drug-likeness (QED) is 0.203. The molecule has 44 heavy (non-hydrogen) atoms. The number of aryl methyl sites for hydroxylation is 1. The van der Waals surface area contributed by atoms with Gasteiger partial charge < -0.3 is 25.8 Å². The van der Waals surface area contributed by atoms with Gasteiger partial charge in [-0.15, -0.1) is 0 Å². The van der Waals surface area contributed by atoms with Crippen LogP contribution in [0, 0.1) is 6.92 Å². The Balaban J connectivity index is 1.35. The lowest BCUT2D eigenvalue weighted by Crippen LogP contribution is -2.39. The number of hydrogen-bond acceptors (Lipinski definition) is 9. The number of carbonyl (C=O) groups excluding carboxylic acids is 1. The van der Waals surface area contributed by atoms with Crippen LogP contribution >= 0.6 is 0 Å². The maximum atomic E-state index is 13.1. The van der Waals surface area contributed by atoms with Crippen molar-refractivity contribution in [1.82, 2.24) is 24.6 Å². The van der Waals surface area contributed by atoms with Crippen molar-refractivity contribution in [3.05, 3.63) is 83.3 Å². The Morgan fingerprint density at radius 1 is 1.05 bits per heavy atom. The summed E-state index contributed by atoms with van der Waals surface area (Å²) >= 11 is 0. The predicted octanol–water partition coefficient (Wildman–Crippen LogP) is 4.43. The van der Waals surface area contributed by atoms with Gasteiger partial charge in [-0.2, -0.15) is 23.0 Å². The van der Waals surface area contributed by atoms with Gasteiger partial charge in [0.05, 0.1) is 18.8 Å². The summed E-state index contributed by atoms with van der Waals surface area (Å²) in [6, 6.07) is 12.0. The molecule has 5 rings (SSSR count). The summed E-state index contributed by atoms with van der Waals surface area (Å²) in [6.45, 7) is 6.31. The lowest BCUT2D eigenvalue weighted by atomic mass is 10.1. The van der Waals surface area contributed by atoms with Gasteiger partial charge in [-0.25, -0.2) is 14.8 Å². The molecule has 4 aromatic rings. The van der Waals surface area contributed by atoms with Crippen LogP contribution in [0.2, 0.25) is 0 Å². The van der Waals surface area contributed by atoms with E-state index in [1.54, 1.807) is 31.2 Å². The van der Waals surface area contributed by atoms with Gasteiger partial charge in [-0.05, 0) is 42.8 Å². The molecule has 1 fully saturated rings. The fourth-order valence-corrected chi connectivity index (χ4v) is 4.49. The van der Waals surface area contributed by atoms with Gasteiger partial charge in [-0.3, -0.25) is 9.69 Å². The molecular weight excluding hydrogens is 581 g/mol. The highest BCUT2D eigenvalue weighted by Crippen LogP contribution is 2.30. The summed E-state index contributed by atoms with van der Waals surface area (Å²) in [4.78, 5) is 35.3. The summed E-state index contributed by atoms with van der Waals surface area (Å²) in [5, 5.41) is 22.8. The number of aromatic nitrogens is 4. The molecule has 0 spiro atoms. The van der Waals surface area contributed by atoms with Crippen molar-refractivity contribution >= 4 is 34.9 Å². The van der Waals surface area contributed by atoms with Crippen molar-refractivity contribution in [2.75, 3.05) is 55.3 Å². The zero-order valence-electron chi connectivity index (χ0n) is 23.6. The molecule has 1 saturated heterocycles. The smallest absolute Gasteiger partial charge is 0.416 e. The molecular formula is C29H29F3N8O4. The highest BCUT2D eigenvalue weighted by Gasteiger charge is 2.31. The van der Waals surface area contributed by atoms with Crippen LogP contribution in [0.5, 0.6) is 0 Å². The van der Waals surface area contributed by atoms with Gasteiger partial charge in [0, 0.05) is 55.2 Å². The van der Waals surface area contributed by atoms with E-state index in [0.29, 0.717) is 42.8 Å². The minimum absolute atomic E-state index is 0.155. The largest absolute Gasteiger partial charge is 0.476 e. The highest BCUT2D eigenvalue weighted by atomic mass is 19.4. The Bertz CT molecular complexity index is 1650. The first-order valence-electron chi connectivity index (χ1n) is 13.6. The number of rotatable bonds is 10. The SMILES string of the molecule is Cc1ccc(NC(=O)c2cccc(C(F)(F)F)c2)cc1Nc1cc(C(=O)O)nn1-c1cc(NCCN2CCOCC2)ncn1. The van der Waals surface area contributed by atoms with E-state index in [2.05, 4.69) is 35.9 Å². The standard InChI is InChI=1S/C29H29F3N8O4/c1-18-5-6-21(36-27(41)19-3-2-4-20(13-19)29(30,31)32)14-22(18)37-26-15-23(28(42)43)38-40(26)25-16-24(34-17-35-25)33-7-8-39-9-11-44-12-10-39/h2-6,13-17,37H,7-12H2,1H3,(H,36,41)(H,42,43)(H,33,34,35). The van der Waals surface area contributed by atoms with Crippen LogP contribution in [0.4, 0.5) is 36.2 Å². The number of halogens is 3. The molecule has 0 unspecified atom stereocenters. The molecule has 0 aliphatic carbocycles. The number of carbonyl (C=O) groups is 2. The van der Waals surface area contributed by atoms with Crippen molar-refractivity contribution in [1.29, 1.82) is 0 Å². The molecule has 12 nitrogen and oxygen atoms in total. The van der Waals surface area contributed by atoms with Crippen molar-refractivity contribution in [2.24, 2.45) is 0 Å². The van der Waals surface area contributed by atoms with Crippen molar-refractivity contribution < 1.29 is 32.6 Å². The van der Waals surface area contributed by atoms with Crippen LogP contribution in [0.1, 0.15) is 32.0 Å². The number of alkyl halides is 3. The Morgan fingerprint density at radius 3 is 2.59 bits per heavy atom. The number of ether oxygens (including phenoxy) is 1. The lowest BCUT2D eigenvalue weighted by Gasteiger charge is -2.26. The summed E-state index contributed by atoms with van der Waals surface area (Å²) in [7, 11) is 0. The number of carboxylic acid groups (broad SMARTS) is 1. The number of nitrogens with zero attached hydrogens (tertiary/aromatic N) is 5. The van der Waals surface area contributed by atoms with Crippen LogP contribution in [0.15, 0.2) is 60.9 Å². The number of anilines is 4. The third kappa shape index (κ3) is 7.48. The second kappa shape index (κ2) is 13.1. The monoisotopic (exact) mass is 610 g/mol. The Hall–Kier alpha value is -5.02. The van der Waals surface area contributed by atoms with Gasteiger partial charge in [-0.1, -0.05) is 12.1 Å². The van der Waals surface area contributed by atoms with E-state index in [9.17, 15) is 27.9 Å². The fraction of sp³-hybridized carbons (Fsp3) is 0.276. The number of carboxylic acids is 1. The minimum atomic E-state index is -4.58. The average Bonchev–Trinajstić information content (AvgIpc) is 3.43. The van der Waals surface area contributed by atoms with E-state index in [1.165, 1.54) is 29.2 Å². The summed E-state index contributed by atoms with van der Waals surface area (Å²) in [5.74, 6) is -0.875. The van der Waals surface area contributed by atoms with Crippen LogP contribution in [-0.2, 0) is 10.9 Å². The van der Waals surface area contributed by atoms with Gasteiger partial charge in [0.1, 0.15) is 18.0 Å². The van der Waals surface area contributed by atoms with Gasteiger partial charge in [0.15, 0.2) is 11.5 Å². The molecule has 2 aromatic carbocycles. The third-order valence-electron chi connectivity index (χ3n) is 6.85. The maximum Gasteiger partial charge on any atom is 0.416 e. The third-order valence-corrected chi connectivity index (χ3v) is 6.85. The number of aromatic carboxylic acids is 1. The normalized spacial score (nSPS) is 13.8. The zero-order valence-corrected chi connectivity index (χ0v) is 23.6. The topological polar surface area (TPSA) is 147 Å². The van der Waals surface area contributed by atoms with Crippen LogP contribution in [-0.4, -0.2) is 81.0 Å². The molecule has 1 aliphatic rings. The van der Waals surface area contributed by atoms with Crippen molar-refractivity contribution in [3.63, 3.8) is 0 Å². The second-order valence-electron chi connectivity index (χ2n) is 9.96. The Kier molecular flexibility index (Phi) is 9.06. The number of nitrogens with one attached hydrogen (secondary N) is 3. The van der Waals surface area contributed by atoms with Crippen LogP contribution < -0.4 is 16.0 Å². The molecule has 0 bridgehead atoms. The lowest BCUT2D eigenvalue weighted by molar-refractivity contribution is -0.137. The van der Waals surface area contributed by atoms with E-state index in [4.69, 9.17) is 4.74 Å². The Morgan fingerprint density at radius 2 is 1.84 bits per heavy atom. The molecule has 0 radical (unpaired) electrons. The number of morpholine rings is 1. The first-order chi connectivity index (χ1) is 21.1. The number of benzene rings is 2. The Labute approximate surface area is 249 Å². The van der Waals surface area contributed by atoms with Crippen LogP contribution in [0.25, 0.3) is 5.82 Å². The van der Waals surface area contributed by atoms with Gasteiger partial charge in [0.25, 0.3) is 5.91 Å². The molecule has 230 valence electrons. The maximum absolute atomic E-state index is 13.1.